The van der Waals surface area contributed by atoms with Gasteiger partial charge in [-0.25, -0.2) is 0 Å². The summed E-state index contributed by atoms with van der Waals surface area (Å²) in [7, 11) is 1.68. The van der Waals surface area contributed by atoms with Gasteiger partial charge in [0.2, 0.25) is 5.91 Å². The molecule has 0 bridgehead atoms. The summed E-state index contributed by atoms with van der Waals surface area (Å²) in [5, 5.41) is 2.98. The lowest BCUT2D eigenvalue weighted by molar-refractivity contribution is -0.119. The van der Waals surface area contributed by atoms with Crippen molar-refractivity contribution < 1.29 is 9.53 Å². The molecular formula is C13H17NO2. The topological polar surface area (TPSA) is 38.3 Å². The first-order valence-corrected chi connectivity index (χ1v) is 5.62. The van der Waals surface area contributed by atoms with E-state index >= 15 is 0 Å². The van der Waals surface area contributed by atoms with Crippen molar-refractivity contribution in [1.29, 1.82) is 0 Å². The molecule has 0 spiro atoms. The molecule has 1 fully saturated rings. The van der Waals surface area contributed by atoms with Crippen LogP contribution in [0.4, 0.5) is 0 Å². The Hall–Kier alpha value is -1.51. The van der Waals surface area contributed by atoms with E-state index in [1.807, 2.05) is 13.0 Å². The van der Waals surface area contributed by atoms with Crippen LogP contribution >= 0.6 is 0 Å². The van der Waals surface area contributed by atoms with Crippen molar-refractivity contribution in [3.63, 3.8) is 0 Å². The first kappa shape index (κ1) is 11.0. The second-order valence-corrected chi connectivity index (χ2v) is 4.31. The Balaban J connectivity index is 2.04. The van der Waals surface area contributed by atoms with Crippen LogP contribution in [0.15, 0.2) is 18.2 Å². The summed E-state index contributed by atoms with van der Waals surface area (Å²) < 4.78 is 5.22. The van der Waals surface area contributed by atoms with Crippen LogP contribution in [0.3, 0.4) is 0 Å². The van der Waals surface area contributed by atoms with Crippen molar-refractivity contribution in [2.45, 2.75) is 32.2 Å². The third kappa shape index (κ3) is 2.35. The highest BCUT2D eigenvalue weighted by Gasteiger charge is 2.20. The van der Waals surface area contributed by atoms with Gasteiger partial charge in [0.1, 0.15) is 5.75 Å². The number of aryl methyl sites for hydroxylation is 1. The summed E-state index contributed by atoms with van der Waals surface area (Å²) in [6.45, 7) is 2.04. The van der Waals surface area contributed by atoms with Gasteiger partial charge >= 0.3 is 0 Å². The minimum absolute atomic E-state index is 0.176. The average molecular weight is 219 g/mol. The monoisotopic (exact) mass is 219 g/mol. The summed E-state index contributed by atoms with van der Waals surface area (Å²) in [6.07, 6.45) is 2.53. The molecule has 1 saturated heterocycles. The number of carbonyl (C=O) groups is 1. The van der Waals surface area contributed by atoms with Gasteiger partial charge in [-0.1, -0.05) is 12.1 Å². The van der Waals surface area contributed by atoms with E-state index < -0.39 is 0 Å². The SMILES string of the molecule is COc1ccc(CC2CCC(=O)N2)cc1C. The molecule has 1 aliphatic heterocycles. The fraction of sp³-hybridized carbons (Fsp3) is 0.462. The zero-order chi connectivity index (χ0) is 11.5. The van der Waals surface area contributed by atoms with E-state index in [1.54, 1.807) is 7.11 Å². The van der Waals surface area contributed by atoms with Gasteiger partial charge in [-0.2, -0.15) is 0 Å². The van der Waals surface area contributed by atoms with E-state index in [-0.39, 0.29) is 5.91 Å². The highest BCUT2D eigenvalue weighted by atomic mass is 16.5. The van der Waals surface area contributed by atoms with E-state index in [0.717, 1.165) is 24.2 Å². The Morgan fingerprint density at radius 2 is 2.31 bits per heavy atom. The minimum Gasteiger partial charge on any atom is -0.496 e. The molecule has 0 aromatic heterocycles. The second-order valence-electron chi connectivity index (χ2n) is 4.31. The van der Waals surface area contributed by atoms with Crippen molar-refractivity contribution in [3.8, 4) is 5.75 Å². The van der Waals surface area contributed by atoms with Gasteiger partial charge in [0.25, 0.3) is 0 Å². The first-order chi connectivity index (χ1) is 7.69. The molecule has 1 amide bonds. The fourth-order valence-electron chi connectivity index (χ4n) is 2.18. The van der Waals surface area contributed by atoms with Gasteiger partial charge in [-0.3, -0.25) is 4.79 Å². The number of amides is 1. The highest BCUT2D eigenvalue weighted by Crippen LogP contribution is 2.20. The lowest BCUT2D eigenvalue weighted by atomic mass is 10.0. The van der Waals surface area contributed by atoms with Crippen molar-refractivity contribution in [2.75, 3.05) is 7.11 Å². The van der Waals surface area contributed by atoms with E-state index in [9.17, 15) is 4.79 Å². The number of hydrogen-bond acceptors (Lipinski definition) is 2. The summed E-state index contributed by atoms with van der Waals surface area (Å²) in [5.41, 5.74) is 2.40. The van der Waals surface area contributed by atoms with Crippen LogP contribution in [0.1, 0.15) is 24.0 Å². The second kappa shape index (κ2) is 4.56. The quantitative estimate of drug-likeness (QED) is 0.842. The number of benzene rings is 1. The Morgan fingerprint density at radius 3 is 2.88 bits per heavy atom. The number of methoxy groups -OCH3 is 1. The molecule has 0 aliphatic carbocycles. The molecule has 3 nitrogen and oxygen atoms in total. The van der Waals surface area contributed by atoms with Gasteiger partial charge < -0.3 is 10.1 Å². The molecule has 16 heavy (non-hydrogen) atoms. The van der Waals surface area contributed by atoms with Crippen molar-refractivity contribution >= 4 is 5.91 Å². The van der Waals surface area contributed by atoms with Gasteiger partial charge in [0, 0.05) is 12.5 Å². The fourth-order valence-corrected chi connectivity index (χ4v) is 2.18. The van der Waals surface area contributed by atoms with Gasteiger partial charge in [-0.05, 0) is 37.0 Å². The average Bonchev–Trinajstić information content (AvgIpc) is 2.64. The van der Waals surface area contributed by atoms with Crippen molar-refractivity contribution in [1.82, 2.24) is 5.32 Å². The van der Waals surface area contributed by atoms with Crippen LogP contribution in [0.25, 0.3) is 0 Å². The highest BCUT2D eigenvalue weighted by molar-refractivity contribution is 5.78. The third-order valence-electron chi connectivity index (χ3n) is 3.03. The van der Waals surface area contributed by atoms with Gasteiger partial charge in [0.05, 0.1) is 7.11 Å². The van der Waals surface area contributed by atoms with Crippen LogP contribution < -0.4 is 10.1 Å². The molecule has 1 N–H and O–H groups in total. The number of nitrogens with one attached hydrogen (secondary N) is 1. The Labute approximate surface area is 95.8 Å². The Bertz CT molecular complexity index is 401. The third-order valence-corrected chi connectivity index (χ3v) is 3.03. The minimum atomic E-state index is 0.176. The number of ether oxygens (including phenoxy) is 1. The van der Waals surface area contributed by atoms with Crippen LogP contribution in [0.2, 0.25) is 0 Å². The van der Waals surface area contributed by atoms with E-state index in [1.165, 1.54) is 5.56 Å². The maximum atomic E-state index is 11.1. The Morgan fingerprint density at radius 1 is 1.50 bits per heavy atom. The van der Waals surface area contributed by atoms with Gasteiger partial charge in [-0.15, -0.1) is 0 Å². The molecule has 1 atom stereocenters. The van der Waals surface area contributed by atoms with Crippen LogP contribution in [-0.4, -0.2) is 19.1 Å². The summed E-state index contributed by atoms with van der Waals surface area (Å²) in [6, 6.07) is 6.49. The Kier molecular flexibility index (Phi) is 3.13. The van der Waals surface area contributed by atoms with Gasteiger partial charge in [0.15, 0.2) is 0 Å². The predicted molar refractivity (Wildman–Crippen MR) is 62.6 cm³/mol. The zero-order valence-corrected chi connectivity index (χ0v) is 9.75. The molecule has 1 heterocycles. The smallest absolute Gasteiger partial charge is 0.220 e. The van der Waals surface area contributed by atoms with Crippen LogP contribution in [0.5, 0.6) is 5.75 Å². The molecule has 0 radical (unpaired) electrons. The summed E-state index contributed by atoms with van der Waals surface area (Å²) in [4.78, 5) is 11.1. The van der Waals surface area contributed by atoms with E-state index in [2.05, 4.69) is 17.4 Å². The summed E-state index contributed by atoms with van der Waals surface area (Å²) >= 11 is 0. The molecule has 2 rings (SSSR count). The van der Waals surface area contributed by atoms with E-state index in [0.29, 0.717) is 12.5 Å². The van der Waals surface area contributed by atoms with Crippen LogP contribution in [-0.2, 0) is 11.2 Å². The standard InChI is InChI=1S/C13H17NO2/c1-9-7-10(3-5-12(9)16-2)8-11-4-6-13(15)14-11/h3,5,7,11H,4,6,8H2,1-2H3,(H,14,15). The molecule has 3 heteroatoms. The largest absolute Gasteiger partial charge is 0.496 e. The molecular weight excluding hydrogens is 202 g/mol. The molecule has 1 aromatic carbocycles. The van der Waals surface area contributed by atoms with Crippen molar-refractivity contribution in [3.05, 3.63) is 29.3 Å². The first-order valence-electron chi connectivity index (χ1n) is 5.62. The zero-order valence-electron chi connectivity index (χ0n) is 9.75. The molecule has 1 aliphatic rings. The molecule has 1 unspecified atom stereocenters. The van der Waals surface area contributed by atoms with Crippen LogP contribution in [0, 0.1) is 6.92 Å². The molecule has 1 aromatic rings. The number of hydrogen-bond donors (Lipinski definition) is 1. The lowest BCUT2D eigenvalue weighted by Crippen LogP contribution is -2.27. The molecule has 0 saturated carbocycles. The van der Waals surface area contributed by atoms with Crippen molar-refractivity contribution in [2.24, 2.45) is 0 Å². The maximum absolute atomic E-state index is 11.1. The predicted octanol–water partition coefficient (Wildman–Crippen LogP) is 1.82. The summed E-state index contributed by atoms with van der Waals surface area (Å²) in [5.74, 6) is 1.09. The number of rotatable bonds is 3. The number of carbonyl (C=O) groups excluding carboxylic acids is 1. The maximum Gasteiger partial charge on any atom is 0.220 e. The molecule has 86 valence electrons. The lowest BCUT2D eigenvalue weighted by Gasteiger charge is -2.11. The van der Waals surface area contributed by atoms with E-state index in [4.69, 9.17) is 4.74 Å². The normalized spacial score (nSPS) is 19.6.